The van der Waals surface area contributed by atoms with E-state index in [0.717, 1.165) is 27.5 Å². The fourth-order valence-electron chi connectivity index (χ4n) is 3.38. The molecule has 2 aromatic heterocycles. The number of nitrogens with one attached hydrogen (secondary N) is 2. The Morgan fingerprint density at radius 2 is 2.21 bits per heavy atom. The Labute approximate surface area is 176 Å². The number of hydrogen-bond donors (Lipinski definition) is 2. The molecule has 3 aromatic rings. The monoisotopic (exact) mass is 454 g/mol. The molecule has 148 valence electrons. The number of carbonyl (C=O) groups excluding carboxylic acids is 2. The van der Waals surface area contributed by atoms with Gasteiger partial charge in [-0.2, -0.15) is 0 Å². The first-order chi connectivity index (χ1) is 14.0. The summed E-state index contributed by atoms with van der Waals surface area (Å²) < 4.78 is 6.06. The maximum atomic E-state index is 12.8. The molecule has 1 aliphatic rings. The Balaban J connectivity index is 1.66. The number of nitrogens with zero attached hydrogens (tertiary/aromatic N) is 2. The van der Waals surface area contributed by atoms with Gasteiger partial charge in [-0.3, -0.25) is 9.78 Å². The van der Waals surface area contributed by atoms with Crippen molar-refractivity contribution in [3.63, 3.8) is 0 Å². The highest BCUT2D eigenvalue weighted by molar-refractivity contribution is 9.10. The molecular weight excluding hydrogens is 436 g/mol. The van der Waals surface area contributed by atoms with Crippen LogP contribution in [0.2, 0.25) is 0 Å². The van der Waals surface area contributed by atoms with Crippen LogP contribution in [-0.2, 0) is 16.0 Å². The van der Waals surface area contributed by atoms with Crippen LogP contribution in [0.15, 0.2) is 47.2 Å². The highest BCUT2D eigenvalue weighted by Crippen LogP contribution is 2.29. The molecule has 29 heavy (non-hydrogen) atoms. The maximum absolute atomic E-state index is 12.8. The summed E-state index contributed by atoms with van der Waals surface area (Å²) in [6.07, 6.45) is 4.59. The SMILES string of the molecule is CCOC(=O)c1cc(NC2CCc3cc(Br)ccc3NC2=O)c2ccncc2n1. The van der Waals surface area contributed by atoms with Gasteiger partial charge in [-0.1, -0.05) is 15.9 Å². The Morgan fingerprint density at radius 3 is 3.03 bits per heavy atom. The number of aryl methyl sites for hydroxylation is 1. The van der Waals surface area contributed by atoms with E-state index in [1.165, 1.54) is 0 Å². The van der Waals surface area contributed by atoms with E-state index < -0.39 is 12.0 Å². The third kappa shape index (κ3) is 4.07. The van der Waals surface area contributed by atoms with Crippen molar-refractivity contribution in [2.45, 2.75) is 25.8 Å². The lowest BCUT2D eigenvalue weighted by Crippen LogP contribution is -2.33. The van der Waals surface area contributed by atoms with Crippen molar-refractivity contribution in [1.29, 1.82) is 0 Å². The number of ether oxygens (including phenoxy) is 1. The van der Waals surface area contributed by atoms with Crippen LogP contribution in [0.1, 0.15) is 29.4 Å². The molecule has 0 radical (unpaired) electrons. The second-order valence-corrected chi connectivity index (χ2v) is 7.61. The molecule has 0 saturated carbocycles. The van der Waals surface area contributed by atoms with Crippen LogP contribution in [0.4, 0.5) is 11.4 Å². The summed E-state index contributed by atoms with van der Waals surface area (Å²) in [6.45, 7) is 2.00. The van der Waals surface area contributed by atoms with Crippen molar-refractivity contribution in [2.24, 2.45) is 0 Å². The number of esters is 1. The Kier molecular flexibility index (Phi) is 5.44. The molecule has 1 unspecified atom stereocenters. The van der Waals surface area contributed by atoms with Crippen molar-refractivity contribution >= 4 is 50.1 Å². The molecule has 0 aliphatic carbocycles. The molecule has 0 spiro atoms. The van der Waals surface area contributed by atoms with Gasteiger partial charge in [0.1, 0.15) is 6.04 Å². The van der Waals surface area contributed by atoms with E-state index in [9.17, 15) is 9.59 Å². The number of hydrogen-bond acceptors (Lipinski definition) is 6. The number of halogens is 1. The molecule has 1 aromatic carbocycles. The molecule has 1 aliphatic heterocycles. The first-order valence-corrected chi connectivity index (χ1v) is 10.1. The van der Waals surface area contributed by atoms with E-state index in [1.807, 2.05) is 18.2 Å². The van der Waals surface area contributed by atoms with Gasteiger partial charge >= 0.3 is 5.97 Å². The van der Waals surface area contributed by atoms with Crippen LogP contribution in [0.5, 0.6) is 0 Å². The van der Waals surface area contributed by atoms with Gasteiger partial charge in [0.25, 0.3) is 0 Å². The summed E-state index contributed by atoms with van der Waals surface area (Å²) in [6, 6.07) is 8.79. The van der Waals surface area contributed by atoms with Crippen LogP contribution in [0.3, 0.4) is 0 Å². The van der Waals surface area contributed by atoms with Crippen LogP contribution >= 0.6 is 15.9 Å². The van der Waals surface area contributed by atoms with Gasteiger partial charge in [0.15, 0.2) is 5.69 Å². The lowest BCUT2D eigenvalue weighted by molar-refractivity contribution is -0.116. The number of aromatic nitrogens is 2. The maximum Gasteiger partial charge on any atom is 0.357 e. The molecule has 0 saturated heterocycles. The minimum absolute atomic E-state index is 0.122. The number of anilines is 2. The topological polar surface area (TPSA) is 93.2 Å². The van der Waals surface area contributed by atoms with Crippen LogP contribution in [0.25, 0.3) is 10.9 Å². The van der Waals surface area contributed by atoms with E-state index in [0.29, 0.717) is 17.6 Å². The van der Waals surface area contributed by atoms with Crippen molar-refractivity contribution in [3.8, 4) is 0 Å². The van der Waals surface area contributed by atoms with Crippen molar-refractivity contribution < 1.29 is 14.3 Å². The van der Waals surface area contributed by atoms with Crippen molar-refractivity contribution in [2.75, 3.05) is 17.2 Å². The van der Waals surface area contributed by atoms with Gasteiger partial charge in [-0.05, 0) is 55.7 Å². The first kappa shape index (κ1) is 19.3. The van der Waals surface area contributed by atoms with Crippen molar-refractivity contribution in [3.05, 3.63) is 58.5 Å². The number of fused-ring (bicyclic) bond motifs is 2. The summed E-state index contributed by atoms with van der Waals surface area (Å²) >= 11 is 3.48. The summed E-state index contributed by atoms with van der Waals surface area (Å²) in [5.74, 6) is -0.633. The Morgan fingerprint density at radius 1 is 1.34 bits per heavy atom. The average molecular weight is 455 g/mol. The van der Waals surface area contributed by atoms with Gasteiger partial charge < -0.3 is 15.4 Å². The standard InChI is InChI=1S/C21H19BrN4O3/c1-2-29-21(28)18-10-17(14-7-8-23-11-19(14)25-18)24-16-5-3-12-9-13(22)4-6-15(12)26-20(16)27/h4,6-11,16H,2-3,5H2,1H3,(H,24,25)(H,26,27). The highest BCUT2D eigenvalue weighted by Gasteiger charge is 2.25. The molecule has 0 fully saturated rings. The lowest BCUT2D eigenvalue weighted by Gasteiger charge is -2.18. The van der Waals surface area contributed by atoms with Gasteiger partial charge in [-0.25, -0.2) is 9.78 Å². The van der Waals surface area contributed by atoms with E-state index in [1.54, 1.807) is 31.5 Å². The minimum atomic E-state index is -0.510. The fourth-order valence-corrected chi connectivity index (χ4v) is 3.78. The molecule has 3 heterocycles. The predicted octanol–water partition coefficient (Wildman–Crippen LogP) is 3.93. The van der Waals surface area contributed by atoms with E-state index in [4.69, 9.17) is 4.74 Å². The van der Waals surface area contributed by atoms with E-state index >= 15 is 0 Å². The normalized spacial score (nSPS) is 15.9. The molecule has 0 bridgehead atoms. The summed E-state index contributed by atoms with van der Waals surface area (Å²) in [5.41, 5.74) is 3.28. The molecule has 1 amide bonds. The fraction of sp³-hybridized carbons (Fsp3) is 0.238. The van der Waals surface area contributed by atoms with Gasteiger partial charge in [0.05, 0.1) is 18.3 Å². The number of amides is 1. The molecule has 8 heteroatoms. The molecule has 4 rings (SSSR count). The largest absolute Gasteiger partial charge is 0.461 e. The van der Waals surface area contributed by atoms with Gasteiger partial charge in [0, 0.05) is 27.4 Å². The number of pyridine rings is 2. The van der Waals surface area contributed by atoms with E-state index in [-0.39, 0.29) is 18.2 Å². The summed E-state index contributed by atoms with van der Waals surface area (Å²) in [5, 5.41) is 7.07. The second kappa shape index (κ2) is 8.16. The van der Waals surface area contributed by atoms with Crippen LogP contribution in [0, 0.1) is 0 Å². The Hall–Kier alpha value is -3.00. The average Bonchev–Trinajstić information content (AvgIpc) is 2.86. The van der Waals surface area contributed by atoms with Gasteiger partial charge in [-0.15, -0.1) is 0 Å². The predicted molar refractivity (Wildman–Crippen MR) is 114 cm³/mol. The highest BCUT2D eigenvalue weighted by atomic mass is 79.9. The molecule has 7 nitrogen and oxygen atoms in total. The summed E-state index contributed by atoms with van der Waals surface area (Å²) in [4.78, 5) is 33.5. The zero-order valence-corrected chi connectivity index (χ0v) is 17.3. The van der Waals surface area contributed by atoms with Crippen LogP contribution in [-0.4, -0.2) is 34.5 Å². The smallest absolute Gasteiger partial charge is 0.357 e. The second-order valence-electron chi connectivity index (χ2n) is 6.69. The van der Waals surface area contributed by atoms with Crippen molar-refractivity contribution in [1.82, 2.24) is 9.97 Å². The Bertz CT molecular complexity index is 1100. The number of carbonyl (C=O) groups is 2. The third-order valence-electron chi connectivity index (χ3n) is 4.77. The van der Waals surface area contributed by atoms with Crippen LogP contribution < -0.4 is 10.6 Å². The molecule has 2 N–H and O–H groups in total. The molecular formula is C21H19BrN4O3. The lowest BCUT2D eigenvalue weighted by atomic mass is 10.1. The third-order valence-corrected chi connectivity index (χ3v) is 5.26. The number of benzene rings is 1. The molecule has 1 atom stereocenters. The minimum Gasteiger partial charge on any atom is -0.461 e. The summed E-state index contributed by atoms with van der Waals surface area (Å²) in [7, 11) is 0. The first-order valence-electron chi connectivity index (χ1n) is 9.33. The van der Waals surface area contributed by atoms with Gasteiger partial charge in [0.2, 0.25) is 5.91 Å². The zero-order valence-electron chi connectivity index (χ0n) is 15.7. The number of rotatable bonds is 4. The zero-order chi connectivity index (χ0) is 20.4. The quantitative estimate of drug-likeness (QED) is 0.580. The van der Waals surface area contributed by atoms with E-state index in [2.05, 4.69) is 36.5 Å².